The molecule has 0 saturated carbocycles. The minimum absolute atomic E-state index is 0.0366. The molecular weight excluding hydrogens is 579 g/mol. The number of nitrogens with one attached hydrogen (secondary N) is 2. The first kappa shape index (κ1) is 30.0. The van der Waals surface area contributed by atoms with E-state index >= 15 is 0 Å². The normalized spacial score (nSPS) is 18.0. The lowest BCUT2D eigenvalue weighted by atomic mass is 9.86. The molecule has 10 heteroatoms. The van der Waals surface area contributed by atoms with Crippen molar-refractivity contribution in [3.63, 3.8) is 0 Å². The SMILES string of the molecule is Cc1[nH]c2c(C)cc(NS(C)(=O)=O)cc2c1C1CCN(CC2CCN(C(=O)/C=C/c3ccc(Cl)c(Cl)c3)CC2)CC1. The summed E-state index contributed by atoms with van der Waals surface area (Å²) in [5, 5.41) is 2.11. The van der Waals surface area contributed by atoms with Gasteiger partial charge in [-0.2, -0.15) is 0 Å². The van der Waals surface area contributed by atoms with Crippen LogP contribution in [0.2, 0.25) is 10.0 Å². The summed E-state index contributed by atoms with van der Waals surface area (Å²) in [6, 6.07) is 9.21. The Hall–Kier alpha value is -2.52. The van der Waals surface area contributed by atoms with E-state index in [1.54, 1.807) is 24.3 Å². The third-order valence-electron chi connectivity index (χ3n) is 8.45. The number of nitrogens with zero attached hydrogens (tertiary/aromatic N) is 2. The van der Waals surface area contributed by atoms with E-state index in [2.05, 4.69) is 21.5 Å². The summed E-state index contributed by atoms with van der Waals surface area (Å²) < 4.78 is 26.3. The van der Waals surface area contributed by atoms with Crippen molar-refractivity contribution in [2.24, 2.45) is 5.92 Å². The Morgan fingerprint density at radius 2 is 1.73 bits per heavy atom. The number of hydrogen-bond acceptors (Lipinski definition) is 4. The molecule has 2 fully saturated rings. The van der Waals surface area contributed by atoms with Crippen LogP contribution in [0.5, 0.6) is 0 Å². The number of aromatic nitrogens is 1. The first-order chi connectivity index (χ1) is 19.5. The van der Waals surface area contributed by atoms with Gasteiger partial charge in [0, 0.05) is 48.0 Å². The lowest BCUT2D eigenvalue weighted by Crippen LogP contribution is -2.42. The van der Waals surface area contributed by atoms with Crippen LogP contribution in [-0.2, 0) is 14.8 Å². The summed E-state index contributed by atoms with van der Waals surface area (Å²) >= 11 is 12.1. The topological polar surface area (TPSA) is 85.5 Å². The van der Waals surface area contributed by atoms with Crippen LogP contribution in [0.25, 0.3) is 17.0 Å². The van der Waals surface area contributed by atoms with Gasteiger partial charge < -0.3 is 14.8 Å². The molecule has 2 aromatic carbocycles. The third-order valence-corrected chi connectivity index (χ3v) is 9.79. The number of carbonyl (C=O) groups is 1. The number of H-pyrrole nitrogens is 1. The van der Waals surface area contributed by atoms with Crippen molar-refractivity contribution in [3.8, 4) is 0 Å². The zero-order valence-electron chi connectivity index (χ0n) is 23.8. The number of aromatic amines is 1. The molecule has 0 unspecified atom stereocenters. The predicted octanol–water partition coefficient (Wildman–Crippen LogP) is 6.59. The molecule has 3 heterocycles. The van der Waals surface area contributed by atoms with Crippen molar-refractivity contribution in [3.05, 3.63) is 68.8 Å². The monoisotopic (exact) mass is 616 g/mol. The number of benzene rings is 2. The second-order valence-electron chi connectivity index (χ2n) is 11.6. The quantitative estimate of drug-likeness (QED) is 0.293. The molecule has 2 saturated heterocycles. The first-order valence-electron chi connectivity index (χ1n) is 14.2. The number of sulfonamides is 1. The minimum Gasteiger partial charge on any atom is -0.358 e. The molecule has 0 aliphatic carbocycles. The van der Waals surface area contributed by atoms with Gasteiger partial charge in [0.25, 0.3) is 0 Å². The Labute approximate surface area is 252 Å². The van der Waals surface area contributed by atoms with Gasteiger partial charge in [-0.1, -0.05) is 29.3 Å². The van der Waals surface area contributed by atoms with Crippen LogP contribution in [-0.4, -0.2) is 68.1 Å². The number of aryl methyl sites for hydroxylation is 2. The van der Waals surface area contributed by atoms with E-state index in [-0.39, 0.29) is 5.91 Å². The molecular formula is C31H38Cl2N4O3S. The number of amides is 1. The molecule has 41 heavy (non-hydrogen) atoms. The summed E-state index contributed by atoms with van der Waals surface area (Å²) in [5.41, 5.74) is 6.09. The highest BCUT2D eigenvalue weighted by Crippen LogP contribution is 2.38. The standard InChI is InChI=1S/C31H38Cl2N4O3S/c1-20-16-25(35-41(3,39)40)18-26-30(21(2)34-31(20)26)24-10-12-36(13-11-24)19-23-8-14-37(15-9-23)29(38)7-5-22-4-6-27(32)28(33)17-22/h4-7,16-18,23-24,34-35H,8-15,19H2,1-3H3/b7-5+. The van der Waals surface area contributed by atoms with Crippen LogP contribution in [0.3, 0.4) is 0 Å². The van der Waals surface area contributed by atoms with E-state index in [0.717, 1.165) is 80.4 Å². The molecule has 0 radical (unpaired) electrons. The maximum Gasteiger partial charge on any atom is 0.246 e. The van der Waals surface area contributed by atoms with Gasteiger partial charge in [0.05, 0.1) is 16.3 Å². The lowest BCUT2D eigenvalue weighted by Gasteiger charge is -2.37. The largest absolute Gasteiger partial charge is 0.358 e. The van der Waals surface area contributed by atoms with Crippen molar-refractivity contribution in [2.45, 2.75) is 45.4 Å². The van der Waals surface area contributed by atoms with E-state index in [1.807, 2.05) is 30.0 Å². The third kappa shape index (κ3) is 7.28. The van der Waals surface area contributed by atoms with Crippen molar-refractivity contribution < 1.29 is 13.2 Å². The number of rotatable bonds is 7. The van der Waals surface area contributed by atoms with Crippen LogP contribution in [0, 0.1) is 19.8 Å². The van der Waals surface area contributed by atoms with Crippen LogP contribution < -0.4 is 4.72 Å². The highest BCUT2D eigenvalue weighted by molar-refractivity contribution is 7.92. The lowest BCUT2D eigenvalue weighted by molar-refractivity contribution is -0.127. The molecule has 0 spiro atoms. The summed E-state index contributed by atoms with van der Waals surface area (Å²) in [6.45, 7) is 8.86. The molecule has 0 atom stereocenters. The van der Waals surface area contributed by atoms with E-state index in [1.165, 1.54) is 17.5 Å². The number of likely N-dealkylation sites (tertiary alicyclic amines) is 2. The molecule has 0 bridgehead atoms. The number of hydrogen-bond donors (Lipinski definition) is 2. The Morgan fingerprint density at radius 3 is 2.39 bits per heavy atom. The predicted molar refractivity (Wildman–Crippen MR) is 169 cm³/mol. The summed E-state index contributed by atoms with van der Waals surface area (Å²) in [6.07, 6.45) is 8.79. The molecule has 220 valence electrons. The molecule has 2 N–H and O–H groups in total. The van der Waals surface area contributed by atoms with Gasteiger partial charge in [0.15, 0.2) is 0 Å². The Kier molecular flexibility index (Phi) is 9.04. The van der Waals surface area contributed by atoms with E-state index in [4.69, 9.17) is 23.2 Å². The van der Waals surface area contributed by atoms with E-state index in [9.17, 15) is 13.2 Å². The first-order valence-corrected chi connectivity index (χ1v) is 16.9. The molecule has 1 aromatic heterocycles. The second-order valence-corrected chi connectivity index (χ2v) is 14.2. The second kappa shape index (κ2) is 12.4. The fourth-order valence-corrected chi connectivity index (χ4v) is 7.27. The smallest absolute Gasteiger partial charge is 0.246 e. The van der Waals surface area contributed by atoms with Crippen molar-refractivity contribution >= 4 is 61.8 Å². The Balaban J connectivity index is 1.14. The number of anilines is 1. The molecule has 7 nitrogen and oxygen atoms in total. The summed E-state index contributed by atoms with van der Waals surface area (Å²) in [5.74, 6) is 1.07. The van der Waals surface area contributed by atoms with E-state index < -0.39 is 10.0 Å². The van der Waals surface area contributed by atoms with Gasteiger partial charge >= 0.3 is 0 Å². The molecule has 5 rings (SSSR count). The van der Waals surface area contributed by atoms with Crippen LogP contribution in [0.4, 0.5) is 5.69 Å². The molecule has 2 aliphatic heterocycles. The van der Waals surface area contributed by atoms with Gasteiger partial charge in [-0.05, 0) is 111 Å². The van der Waals surface area contributed by atoms with Gasteiger partial charge in [-0.15, -0.1) is 0 Å². The Morgan fingerprint density at radius 1 is 1.02 bits per heavy atom. The van der Waals surface area contributed by atoms with Crippen molar-refractivity contribution in [2.75, 3.05) is 43.7 Å². The number of carbonyl (C=O) groups excluding carboxylic acids is 1. The average Bonchev–Trinajstić information content (AvgIpc) is 3.25. The van der Waals surface area contributed by atoms with Gasteiger partial charge in [-0.25, -0.2) is 8.42 Å². The number of piperidine rings is 2. The zero-order chi connectivity index (χ0) is 29.3. The van der Waals surface area contributed by atoms with Crippen LogP contribution in [0.1, 0.15) is 54.0 Å². The molecule has 2 aliphatic rings. The average molecular weight is 618 g/mol. The van der Waals surface area contributed by atoms with Crippen LogP contribution >= 0.6 is 23.2 Å². The summed E-state index contributed by atoms with van der Waals surface area (Å²) in [7, 11) is -3.34. The zero-order valence-corrected chi connectivity index (χ0v) is 26.2. The van der Waals surface area contributed by atoms with Crippen LogP contribution in [0.15, 0.2) is 36.4 Å². The molecule has 1 amide bonds. The Bertz CT molecular complexity index is 1570. The van der Waals surface area contributed by atoms with E-state index in [0.29, 0.717) is 27.6 Å². The van der Waals surface area contributed by atoms with Gasteiger partial charge in [0.2, 0.25) is 15.9 Å². The number of halogens is 2. The fourth-order valence-electron chi connectivity index (χ4n) is 6.42. The minimum atomic E-state index is -3.34. The van der Waals surface area contributed by atoms with Gasteiger partial charge in [-0.3, -0.25) is 9.52 Å². The van der Waals surface area contributed by atoms with Gasteiger partial charge in [0.1, 0.15) is 0 Å². The number of fused-ring (bicyclic) bond motifs is 1. The highest BCUT2D eigenvalue weighted by atomic mass is 35.5. The maximum atomic E-state index is 12.7. The van der Waals surface area contributed by atoms with Crippen molar-refractivity contribution in [1.82, 2.24) is 14.8 Å². The highest BCUT2D eigenvalue weighted by Gasteiger charge is 2.28. The summed E-state index contributed by atoms with van der Waals surface area (Å²) in [4.78, 5) is 20.8. The fraction of sp³-hybridized carbons (Fsp3) is 0.452. The maximum absolute atomic E-state index is 12.7. The van der Waals surface area contributed by atoms with Crippen molar-refractivity contribution in [1.29, 1.82) is 0 Å². The molecule has 3 aromatic rings.